The van der Waals surface area contributed by atoms with Crippen molar-refractivity contribution in [1.29, 1.82) is 0 Å². The average Bonchev–Trinajstić information content (AvgIpc) is 3.03. The van der Waals surface area contributed by atoms with Crippen LogP contribution in [0, 0.1) is 0 Å². The van der Waals surface area contributed by atoms with Crippen LogP contribution in [0.1, 0.15) is 81.1 Å². The summed E-state index contributed by atoms with van der Waals surface area (Å²) in [7, 11) is 5.18. The first-order chi connectivity index (χ1) is 22.6. The molecule has 2 fully saturated rings. The largest absolute Gasteiger partial charge is 0.497 e. The predicted octanol–water partition coefficient (Wildman–Crippen LogP) is 10.5. The van der Waals surface area contributed by atoms with Gasteiger partial charge in [-0.2, -0.15) is 0 Å². The molecule has 2 heterocycles. The molecule has 48 heavy (non-hydrogen) atoms. The molecule has 0 radical (unpaired) electrons. The van der Waals surface area contributed by atoms with Crippen LogP contribution in [0.2, 0.25) is 0 Å². The number of benzene rings is 3. The van der Waals surface area contributed by atoms with Gasteiger partial charge in [0.05, 0.1) is 21.3 Å². The van der Waals surface area contributed by atoms with E-state index in [-0.39, 0.29) is 22.2 Å². The molecule has 0 aliphatic carbocycles. The van der Waals surface area contributed by atoms with E-state index in [0.717, 1.165) is 42.9 Å². The number of nitrogens with zero attached hydrogens (tertiary/aromatic N) is 3. The Morgan fingerprint density at radius 1 is 0.479 bits per heavy atom. The third-order valence-electron chi connectivity index (χ3n) is 9.64. The molecule has 3 aromatic carbocycles. The van der Waals surface area contributed by atoms with Crippen LogP contribution in [-0.4, -0.2) is 68.5 Å². The number of ether oxygens (including phenoxy) is 3. The molecule has 2 aliphatic heterocycles. The molecular weight excluding hydrogens is 655 g/mol. The Balaban J connectivity index is 1.43. The zero-order chi connectivity index (χ0) is 34.9. The first-order valence-electron chi connectivity index (χ1n) is 16.9. The van der Waals surface area contributed by atoms with Gasteiger partial charge in [0.1, 0.15) is 17.2 Å². The summed E-state index contributed by atoms with van der Waals surface area (Å²) < 4.78 is 24.5. The maximum atomic E-state index is 5.51. The molecule has 2 aliphatic rings. The average molecular weight is 710 g/mol. The highest BCUT2D eigenvalue weighted by atomic mass is 32.2. The van der Waals surface area contributed by atoms with Gasteiger partial charge < -0.3 is 14.2 Å². The van der Waals surface area contributed by atoms with Crippen LogP contribution in [0.3, 0.4) is 0 Å². The Labute approximate surface area is 303 Å². The molecule has 6 nitrogen and oxygen atoms in total. The summed E-state index contributed by atoms with van der Waals surface area (Å²) in [6.07, 6.45) is 4.30. The monoisotopic (exact) mass is 709 g/mol. The Morgan fingerprint density at radius 3 is 1.02 bits per heavy atom. The van der Waals surface area contributed by atoms with E-state index in [1.807, 2.05) is 35.8 Å². The molecule has 3 aromatic rings. The number of rotatable bonds is 11. The number of piperidine rings is 2. The lowest BCUT2D eigenvalue weighted by Crippen LogP contribution is -2.65. The van der Waals surface area contributed by atoms with E-state index in [9.17, 15) is 0 Å². The van der Waals surface area contributed by atoms with Gasteiger partial charge in [0.2, 0.25) is 0 Å². The maximum Gasteiger partial charge on any atom is 0.118 e. The Morgan fingerprint density at radius 2 is 0.750 bits per heavy atom. The van der Waals surface area contributed by atoms with Gasteiger partial charge in [-0.05, 0) is 190 Å². The van der Waals surface area contributed by atoms with Crippen molar-refractivity contribution in [3.63, 3.8) is 0 Å². The van der Waals surface area contributed by atoms with Crippen molar-refractivity contribution >= 4 is 35.8 Å². The summed E-state index contributed by atoms with van der Waals surface area (Å²) in [6.45, 7) is 19.4. The van der Waals surface area contributed by atoms with Crippen molar-refractivity contribution < 1.29 is 14.2 Å². The minimum Gasteiger partial charge on any atom is -0.497 e. The first-order valence-corrected chi connectivity index (χ1v) is 19.2. The smallest absolute Gasteiger partial charge is 0.118 e. The maximum absolute atomic E-state index is 5.51. The Bertz CT molecular complexity index is 1370. The molecule has 0 N–H and O–H groups in total. The van der Waals surface area contributed by atoms with E-state index in [0.29, 0.717) is 12.1 Å². The van der Waals surface area contributed by atoms with Gasteiger partial charge in [0.25, 0.3) is 0 Å². The quantitative estimate of drug-likeness (QED) is 0.181. The lowest BCUT2D eigenvalue weighted by atomic mass is 9.76. The molecule has 0 aromatic heterocycles. The van der Waals surface area contributed by atoms with E-state index in [1.54, 1.807) is 21.3 Å². The second kappa shape index (κ2) is 14.7. The highest BCUT2D eigenvalue weighted by molar-refractivity contribution is 7.97. The molecular formula is C39H55N3O3S3. The molecule has 262 valence electrons. The van der Waals surface area contributed by atoms with Gasteiger partial charge in [-0.25, -0.2) is 12.9 Å². The van der Waals surface area contributed by atoms with Crippen LogP contribution in [0.5, 0.6) is 17.2 Å². The van der Waals surface area contributed by atoms with Crippen molar-refractivity contribution in [2.45, 2.75) is 130 Å². The SMILES string of the molecule is COc1ccc(SN(C2CC(C)(C)N(Sc3ccc(OC)cc3)C(C)(C)C2)C2CC(C)(C)N(Sc3ccc(OC)cc3)C(C)(C)C2)cc1. The lowest BCUT2D eigenvalue weighted by Gasteiger charge is -2.59. The van der Waals surface area contributed by atoms with Gasteiger partial charge in [-0.1, -0.05) is 0 Å². The fraction of sp³-hybridized carbons (Fsp3) is 0.538. The lowest BCUT2D eigenvalue weighted by molar-refractivity contribution is -0.0166. The van der Waals surface area contributed by atoms with Crippen molar-refractivity contribution in [2.75, 3.05) is 21.3 Å². The van der Waals surface area contributed by atoms with Gasteiger partial charge in [-0.15, -0.1) is 0 Å². The summed E-state index contributed by atoms with van der Waals surface area (Å²) in [6, 6.07) is 26.3. The van der Waals surface area contributed by atoms with Gasteiger partial charge in [-0.3, -0.25) is 0 Å². The van der Waals surface area contributed by atoms with E-state index in [2.05, 4.69) is 141 Å². The van der Waals surface area contributed by atoms with E-state index in [1.165, 1.54) is 14.7 Å². The number of hydrogen-bond acceptors (Lipinski definition) is 9. The van der Waals surface area contributed by atoms with Crippen LogP contribution in [0.25, 0.3) is 0 Å². The van der Waals surface area contributed by atoms with E-state index in [4.69, 9.17) is 14.2 Å². The fourth-order valence-electron chi connectivity index (χ4n) is 7.96. The van der Waals surface area contributed by atoms with Crippen LogP contribution in [0.4, 0.5) is 0 Å². The Hall–Kier alpha value is -2.01. The van der Waals surface area contributed by atoms with Gasteiger partial charge >= 0.3 is 0 Å². The predicted molar refractivity (Wildman–Crippen MR) is 204 cm³/mol. The molecule has 0 atom stereocenters. The first kappa shape index (κ1) is 37.3. The van der Waals surface area contributed by atoms with Crippen LogP contribution in [0.15, 0.2) is 87.5 Å². The summed E-state index contributed by atoms with van der Waals surface area (Å²) in [5.74, 6) is 2.67. The molecule has 9 heteroatoms. The zero-order valence-electron chi connectivity index (χ0n) is 30.7. The van der Waals surface area contributed by atoms with Crippen molar-refractivity contribution in [1.82, 2.24) is 12.9 Å². The molecule has 0 bridgehead atoms. The summed E-state index contributed by atoms with van der Waals surface area (Å²) in [4.78, 5) is 3.74. The number of hydrogen-bond donors (Lipinski definition) is 0. The number of methoxy groups -OCH3 is 3. The molecule has 2 saturated heterocycles. The topological polar surface area (TPSA) is 37.4 Å². The fourth-order valence-corrected chi connectivity index (χ4v) is 11.3. The van der Waals surface area contributed by atoms with Crippen molar-refractivity contribution in [3.8, 4) is 17.2 Å². The summed E-state index contributed by atoms with van der Waals surface area (Å²) >= 11 is 5.70. The van der Waals surface area contributed by atoms with Crippen molar-refractivity contribution in [2.24, 2.45) is 0 Å². The zero-order valence-corrected chi connectivity index (χ0v) is 33.2. The van der Waals surface area contributed by atoms with Crippen LogP contribution >= 0.6 is 35.8 Å². The van der Waals surface area contributed by atoms with Gasteiger partial charge in [0.15, 0.2) is 0 Å². The van der Waals surface area contributed by atoms with Crippen LogP contribution < -0.4 is 14.2 Å². The molecule has 0 unspecified atom stereocenters. The second-order valence-corrected chi connectivity index (χ2v) is 18.7. The minimum atomic E-state index is -0.0360. The highest BCUT2D eigenvalue weighted by Crippen LogP contribution is 2.52. The normalized spacial score (nSPS) is 21.2. The highest BCUT2D eigenvalue weighted by Gasteiger charge is 2.52. The molecule has 0 amide bonds. The van der Waals surface area contributed by atoms with Crippen LogP contribution in [-0.2, 0) is 0 Å². The van der Waals surface area contributed by atoms with Gasteiger partial charge in [0, 0.05) is 48.9 Å². The summed E-state index contributed by atoms with van der Waals surface area (Å²) in [5.41, 5.74) is -0.144. The third kappa shape index (κ3) is 8.47. The molecule has 0 spiro atoms. The minimum absolute atomic E-state index is 0.0360. The van der Waals surface area contributed by atoms with Crippen molar-refractivity contribution in [3.05, 3.63) is 72.8 Å². The molecule has 0 saturated carbocycles. The van der Waals surface area contributed by atoms with E-state index >= 15 is 0 Å². The Kier molecular flexibility index (Phi) is 11.4. The standard InChI is InChI=1S/C39H55N3O3S3/c1-36(2)24-28(25-37(3,4)41(36)47-34-20-14-31(44-10)15-21-34)40(46-33-18-12-30(43-9)13-19-33)29-26-38(5,6)42(39(7,8)27-29)48-35-22-16-32(45-11)17-23-35/h12-23,28-29H,24-27H2,1-11H3. The third-order valence-corrected chi connectivity index (χ3v) is 14.2. The van der Waals surface area contributed by atoms with E-state index < -0.39 is 0 Å². The molecule has 5 rings (SSSR count). The summed E-state index contributed by atoms with van der Waals surface area (Å²) in [5, 5.41) is 0. The second-order valence-electron chi connectivity index (χ2n) is 15.6.